The second kappa shape index (κ2) is 6.93. The number of carbonyl (C=O) groups is 2. The second-order valence-electron chi connectivity index (χ2n) is 7.24. The third kappa shape index (κ3) is 3.20. The lowest BCUT2D eigenvalue weighted by Gasteiger charge is -2.16. The van der Waals surface area contributed by atoms with Crippen molar-refractivity contribution in [3.8, 4) is 21.3 Å². The Morgan fingerprint density at radius 1 is 1.24 bits per heavy atom. The van der Waals surface area contributed by atoms with Crippen LogP contribution in [0.15, 0.2) is 24.5 Å². The van der Waals surface area contributed by atoms with Crippen LogP contribution in [0.4, 0.5) is 5.82 Å². The van der Waals surface area contributed by atoms with E-state index in [0.717, 1.165) is 47.3 Å². The van der Waals surface area contributed by atoms with Gasteiger partial charge < -0.3 is 10.5 Å². The van der Waals surface area contributed by atoms with Crippen LogP contribution < -0.4 is 15.4 Å². The molecule has 1 fully saturated rings. The zero-order valence-corrected chi connectivity index (χ0v) is 17.3. The minimum atomic E-state index is -0.442. The molecule has 9 heteroatoms. The molecule has 0 saturated heterocycles. The highest BCUT2D eigenvalue weighted by molar-refractivity contribution is 7.17. The molecule has 0 aliphatic heterocycles. The van der Waals surface area contributed by atoms with Crippen LogP contribution in [0.25, 0.3) is 10.4 Å². The molecule has 0 unspecified atom stereocenters. The maximum Gasteiger partial charge on any atom is 0.259 e. The molecular weight excluding hydrogens is 408 g/mol. The number of carbonyl (C=O) groups excluding carboxylic acids is 2. The fraction of sp³-hybridized carbons (Fsp3) is 0.300. The standard InChI is InChI=1S/C20H18N4O3S2/c1-24(19(26)10-2-3-10)14-7-5-12(9-22-14)27-20-15-13(17(28-20)18(21)25)6-4-11-8-23-29-16(11)15/h5,7-10H,2-4,6H2,1H3,(H2,21,25). The smallest absolute Gasteiger partial charge is 0.259 e. The number of thiophene rings is 1. The molecule has 2 N–H and O–H groups in total. The van der Waals surface area contributed by atoms with Crippen molar-refractivity contribution in [3.63, 3.8) is 0 Å². The van der Waals surface area contributed by atoms with Crippen LogP contribution in [-0.4, -0.2) is 28.2 Å². The minimum Gasteiger partial charge on any atom is -0.444 e. The Labute approximate surface area is 175 Å². The summed E-state index contributed by atoms with van der Waals surface area (Å²) in [7, 11) is 1.74. The number of amides is 2. The SMILES string of the molecule is CN(C(=O)C1CC1)c1ccc(Oc2sc(C(N)=O)c3c2-c2sncc2CC3)cn1. The number of ether oxygens (including phenoxy) is 1. The number of fused-ring (bicyclic) bond motifs is 3. The van der Waals surface area contributed by atoms with Crippen LogP contribution >= 0.6 is 22.9 Å². The number of pyridine rings is 1. The van der Waals surface area contributed by atoms with Gasteiger partial charge in [0.25, 0.3) is 5.91 Å². The van der Waals surface area contributed by atoms with Gasteiger partial charge in [0.05, 0.1) is 21.5 Å². The molecule has 3 aromatic heterocycles. The lowest BCUT2D eigenvalue weighted by Crippen LogP contribution is -2.28. The van der Waals surface area contributed by atoms with Gasteiger partial charge in [-0.1, -0.05) is 11.3 Å². The van der Waals surface area contributed by atoms with E-state index in [0.29, 0.717) is 21.5 Å². The zero-order chi connectivity index (χ0) is 20.1. The first-order valence-electron chi connectivity index (χ1n) is 9.33. The van der Waals surface area contributed by atoms with Gasteiger partial charge >= 0.3 is 0 Å². The van der Waals surface area contributed by atoms with Gasteiger partial charge in [0.15, 0.2) is 5.06 Å². The van der Waals surface area contributed by atoms with E-state index in [-0.39, 0.29) is 11.8 Å². The molecule has 29 heavy (non-hydrogen) atoms. The van der Waals surface area contributed by atoms with Crippen molar-refractivity contribution in [3.05, 3.63) is 40.5 Å². The maximum absolute atomic E-state index is 12.2. The lowest BCUT2D eigenvalue weighted by atomic mass is 9.93. The molecule has 3 aromatic rings. The summed E-state index contributed by atoms with van der Waals surface area (Å²) in [4.78, 5) is 31.7. The molecule has 148 valence electrons. The molecule has 0 atom stereocenters. The number of hydrogen-bond acceptors (Lipinski definition) is 7. The first kappa shape index (κ1) is 18.3. The number of rotatable bonds is 5. The monoisotopic (exact) mass is 426 g/mol. The Kier molecular flexibility index (Phi) is 4.36. The first-order chi connectivity index (χ1) is 14.0. The van der Waals surface area contributed by atoms with E-state index in [2.05, 4.69) is 9.36 Å². The quantitative estimate of drug-likeness (QED) is 0.672. The topological polar surface area (TPSA) is 98.4 Å². The van der Waals surface area contributed by atoms with E-state index in [1.54, 1.807) is 30.3 Å². The number of aromatic nitrogens is 2. The fourth-order valence-electron chi connectivity index (χ4n) is 3.54. The third-order valence-electron chi connectivity index (χ3n) is 5.25. The van der Waals surface area contributed by atoms with E-state index >= 15 is 0 Å². The van der Waals surface area contributed by atoms with Crippen molar-refractivity contribution in [2.45, 2.75) is 25.7 Å². The van der Waals surface area contributed by atoms with Crippen molar-refractivity contribution in [2.24, 2.45) is 11.7 Å². The molecule has 0 aromatic carbocycles. The van der Waals surface area contributed by atoms with Gasteiger partial charge in [0.2, 0.25) is 5.91 Å². The summed E-state index contributed by atoms with van der Waals surface area (Å²) < 4.78 is 10.4. The Hall–Kier alpha value is -2.78. The number of primary amides is 1. The highest BCUT2D eigenvalue weighted by atomic mass is 32.1. The van der Waals surface area contributed by atoms with Crippen molar-refractivity contribution in [1.29, 1.82) is 0 Å². The highest BCUT2D eigenvalue weighted by Crippen LogP contribution is 2.49. The fourth-order valence-corrected chi connectivity index (χ4v) is 5.55. The molecule has 2 amide bonds. The number of anilines is 1. The van der Waals surface area contributed by atoms with E-state index in [1.165, 1.54) is 22.9 Å². The third-order valence-corrected chi connectivity index (χ3v) is 7.23. The number of aryl methyl sites for hydroxylation is 1. The highest BCUT2D eigenvalue weighted by Gasteiger charge is 2.33. The van der Waals surface area contributed by atoms with Crippen molar-refractivity contribution < 1.29 is 14.3 Å². The number of nitrogens with two attached hydrogens (primary N) is 1. The summed E-state index contributed by atoms with van der Waals surface area (Å²) in [5.74, 6) is 0.920. The van der Waals surface area contributed by atoms with E-state index in [9.17, 15) is 9.59 Å². The second-order valence-corrected chi connectivity index (χ2v) is 9.03. The lowest BCUT2D eigenvalue weighted by molar-refractivity contribution is -0.119. The van der Waals surface area contributed by atoms with Crippen LogP contribution in [0.2, 0.25) is 0 Å². The van der Waals surface area contributed by atoms with Gasteiger partial charge in [-0.25, -0.2) is 9.36 Å². The molecular formula is C20H18N4O3S2. The van der Waals surface area contributed by atoms with E-state index < -0.39 is 5.91 Å². The predicted molar refractivity (Wildman–Crippen MR) is 112 cm³/mol. The summed E-state index contributed by atoms with van der Waals surface area (Å²) in [6.07, 6.45) is 6.96. The van der Waals surface area contributed by atoms with Gasteiger partial charge in [0, 0.05) is 19.2 Å². The summed E-state index contributed by atoms with van der Waals surface area (Å²) in [6, 6.07) is 3.55. The minimum absolute atomic E-state index is 0.0994. The predicted octanol–water partition coefficient (Wildman–Crippen LogP) is 3.63. The summed E-state index contributed by atoms with van der Waals surface area (Å²) >= 11 is 2.66. The average Bonchev–Trinajstić information content (AvgIpc) is 3.34. The van der Waals surface area contributed by atoms with Gasteiger partial charge in [-0.2, -0.15) is 0 Å². The zero-order valence-electron chi connectivity index (χ0n) is 15.7. The number of hydrogen-bond donors (Lipinski definition) is 1. The van der Waals surface area contributed by atoms with E-state index in [1.807, 2.05) is 6.20 Å². The van der Waals surface area contributed by atoms with Crippen LogP contribution in [0.1, 0.15) is 33.6 Å². The molecule has 2 aliphatic rings. The van der Waals surface area contributed by atoms with Crippen LogP contribution in [0.3, 0.4) is 0 Å². The van der Waals surface area contributed by atoms with Crippen LogP contribution in [0.5, 0.6) is 10.8 Å². The molecule has 5 rings (SSSR count). The van der Waals surface area contributed by atoms with Crippen LogP contribution in [-0.2, 0) is 17.6 Å². The molecule has 0 bridgehead atoms. The number of nitrogens with zero attached hydrogens (tertiary/aromatic N) is 3. The van der Waals surface area contributed by atoms with Crippen molar-refractivity contribution in [2.75, 3.05) is 11.9 Å². The van der Waals surface area contributed by atoms with Crippen molar-refractivity contribution >= 4 is 40.5 Å². The average molecular weight is 427 g/mol. The summed E-state index contributed by atoms with van der Waals surface area (Å²) in [5, 5.41) is 0.621. The summed E-state index contributed by atoms with van der Waals surface area (Å²) in [5.41, 5.74) is 8.62. The maximum atomic E-state index is 12.2. The normalized spacial score (nSPS) is 14.8. The Bertz CT molecular complexity index is 1120. The molecule has 0 spiro atoms. The van der Waals surface area contributed by atoms with Gasteiger partial charge in [-0.3, -0.25) is 14.5 Å². The van der Waals surface area contributed by atoms with Gasteiger partial charge in [-0.15, -0.1) is 0 Å². The molecule has 7 nitrogen and oxygen atoms in total. The van der Waals surface area contributed by atoms with Gasteiger partial charge in [0.1, 0.15) is 11.6 Å². The molecule has 2 aliphatic carbocycles. The van der Waals surface area contributed by atoms with Gasteiger partial charge in [-0.05, 0) is 60.5 Å². The van der Waals surface area contributed by atoms with Crippen molar-refractivity contribution in [1.82, 2.24) is 9.36 Å². The van der Waals surface area contributed by atoms with E-state index in [4.69, 9.17) is 10.5 Å². The first-order valence-corrected chi connectivity index (χ1v) is 10.9. The molecule has 3 heterocycles. The van der Waals surface area contributed by atoms with Crippen LogP contribution in [0, 0.1) is 5.92 Å². The Morgan fingerprint density at radius 3 is 2.76 bits per heavy atom. The summed E-state index contributed by atoms with van der Waals surface area (Å²) in [6.45, 7) is 0. The Morgan fingerprint density at radius 2 is 2.07 bits per heavy atom. The molecule has 1 saturated carbocycles. The molecule has 0 radical (unpaired) electrons. The largest absolute Gasteiger partial charge is 0.444 e. The Balaban J connectivity index is 1.45.